The van der Waals surface area contributed by atoms with E-state index in [1.807, 2.05) is 20.8 Å². The number of rotatable bonds is 4. The van der Waals surface area contributed by atoms with Gasteiger partial charge in [-0.2, -0.15) is 19.6 Å². The number of hydrogen-bond donors (Lipinski definition) is 1. The number of hydrogen-bond acceptors (Lipinski definition) is 4. The number of benzene rings is 1. The fraction of sp³-hybridized carbons (Fsp3) is 0.278. The zero-order valence-corrected chi connectivity index (χ0v) is 15.1. The van der Waals surface area contributed by atoms with Crippen LogP contribution in [0, 0.1) is 29.9 Å². The van der Waals surface area contributed by atoms with Crippen molar-refractivity contribution in [1.29, 1.82) is 0 Å². The summed E-state index contributed by atoms with van der Waals surface area (Å²) in [5.74, 6) is 1.33. The molecule has 0 saturated heterocycles. The molecule has 3 rings (SSSR count). The molecule has 0 radical (unpaired) electrons. The van der Waals surface area contributed by atoms with Crippen LogP contribution in [0.1, 0.15) is 26.3 Å². The zero-order valence-electron chi connectivity index (χ0n) is 14.4. The van der Waals surface area contributed by atoms with Crippen molar-refractivity contribution in [3.05, 3.63) is 40.8 Å². The molecule has 0 aliphatic rings. The van der Waals surface area contributed by atoms with E-state index in [1.165, 1.54) is 10.8 Å². The SMILES string of the molecule is C#Cc1cc(F)c(-c2c(Cl)nc3ncnn3c2NC(C)C(C)C)c(F)c1. The molecule has 8 heteroatoms. The van der Waals surface area contributed by atoms with Crippen LogP contribution in [0.15, 0.2) is 18.5 Å². The van der Waals surface area contributed by atoms with E-state index < -0.39 is 11.6 Å². The zero-order chi connectivity index (χ0) is 19.0. The third-order valence-corrected chi connectivity index (χ3v) is 4.48. The lowest BCUT2D eigenvalue weighted by Gasteiger charge is -2.22. The second kappa shape index (κ2) is 6.89. The quantitative estimate of drug-likeness (QED) is 0.549. The maximum Gasteiger partial charge on any atom is 0.255 e. The minimum absolute atomic E-state index is 0.0317. The molecule has 0 bridgehead atoms. The molecule has 134 valence electrons. The Labute approximate surface area is 154 Å². The Balaban J connectivity index is 2.33. The Kier molecular flexibility index (Phi) is 4.79. The highest BCUT2D eigenvalue weighted by Gasteiger charge is 2.25. The largest absolute Gasteiger partial charge is 0.367 e. The first kappa shape index (κ1) is 18.1. The van der Waals surface area contributed by atoms with E-state index in [0.29, 0.717) is 5.82 Å². The minimum Gasteiger partial charge on any atom is -0.367 e. The van der Waals surface area contributed by atoms with Gasteiger partial charge in [-0.15, -0.1) is 6.42 Å². The Hall–Kier alpha value is -2.72. The summed E-state index contributed by atoms with van der Waals surface area (Å²) in [6, 6.07) is 2.13. The average Bonchev–Trinajstić information content (AvgIpc) is 3.04. The van der Waals surface area contributed by atoms with Crippen molar-refractivity contribution in [2.45, 2.75) is 26.8 Å². The number of anilines is 1. The topological polar surface area (TPSA) is 55.1 Å². The molecule has 26 heavy (non-hydrogen) atoms. The van der Waals surface area contributed by atoms with E-state index >= 15 is 0 Å². The Morgan fingerprint density at radius 3 is 2.42 bits per heavy atom. The van der Waals surface area contributed by atoms with E-state index in [0.717, 1.165) is 12.1 Å². The monoisotopic (exact) mass is 375 g/mol. The molecule has 0 aliphatic heterocycles. The molecule has 0 amide bonds. The molecule has 0 spiro atoms. The molecular formula is C18H16ClF2N5. The standard InChI is InChI=1S/C18H16ClF2N5/c1-5-11-6-12(20)14(13(21)7-11)15-16(19)25-18-22-8-23-26(18)17(15)24-10(4)9(2)3/h1,6-10,24H,2-4H3. The van der Waals surface area contributed by atoms with Crippen LogP contribution in [0.2, 0.25) is 5.15 Å². The molecule has 1 unspecified atom stereocenters. The fourth-order valence-electron chi connectivity index (χ4n) is 2.45. The number of halogens is 3. The summed E-state index contributed by atoms with van der Waals surface area (Å²) >= 11 is 6.27. The van der Waals surface area contributed by atoms with Gasteiger partial charge in [0.1, 0.15) is 28.9 Å². The lowest BCUT2D eigenvalue weighted by Crippen LogP contribution is -2.24. The lowest BCUT2D eigenvalue weighted by molar-refractivity contribution is 0.556. The van der Waals surface area contributed by atoms with Gasteiger partial charge in [-0.1, -0.05) is 31.4 Å². The third-order valence-electron chi connectivity index (χ3n) is 4.21. The normalized spacial score (nSPS) is 12.4. The van der Waals surface area contributed by atoms with Crippen molar-refractivity contribution in [3.8, 4) is 23.5 Å². The van der Waals surface area contributed by atoms with Crippen LogP contribution in [-0.4, -0.2) is 25.6 Å². The van der Waals surface area contributed by atoms with E-state index in [9.17, 15) is 8.78 Å². The van der Waals surface area contributed by atoms with E-state index in [1.54, 1.807) is 0 Å². The molecule has 1 aromatic carbocycles. The summed E-state index contributed by atoms with van der Waals surface area (Å²) in [4.78, 5) is 8.09. The summed E-state index contributed by atoms with van der Waals surface area (Å²) in [5.41, 5.74) is -0.159. The van der Waals surface area contributed by atoms with Gasteiger partial charge < -0.3 is 5.32 Å². The van der Waals surface area contributed by atoms with E-state index in [-0.39, 0.29) is 39.6 Å². The predicted octanol–water partition coefficient (Wildman–Crippen LogP) is 4.16. The number of fused-ring (bicyclic) bond motifs is 1. The van der Waals surface area contributed by atoms with Gasteiger partial charge in [0.25, 0.3) is 5.78 Å². The van der Waals surface area contributed by atoms with Crippen LogP contribution in [-0.2, 0) is 0 Å². The summed E-state index contributed by atoms with van der Waals surface area (Å²) < 4.78 is 30.7. The summed E-state index contributed by atoms with van der Waals surface area (Å²) in [5, 5.41) is 7.23. The lowest BCUT2D eigenvalue weighted by atomic mass is 10.0. The maximum absolute atomic E-state index is 14.7. The molecule has 1 N–H and O–H groups in total. The average molecular weight is 376 g/mol. The van der Waals surface area contributed by atoms with Crippen LogP contribution >= 0.6 is 11.6 Å². The van der Waals surface area contributed by atoms with Crippen molar-refractivity contribution < 1.29 is 8.78 Å². The first-order valence-electron chi connectivity index (χ1n) is 7.95. The number of terminal acetylenes is 1. The van der Waals surface area contributed by atoms with Crippen molar-refractivity contribution in [1.82, 2.24) is 19.6 Å². The first-order valence-corrected chi connectivity index (χ1v) is 8.33. The molecular weight excluding hydrogens is 360 g/mol. The van der Waals surface area contributed by atoms with Crippen molar-refractivity contribution in [2.75, 3.05) is 5.32 Å². The van der Waals surface area contributed by atoms with Crippen LogP contribution in [0.5, 0.6) is 0 Å². The molecule has 2 heterocycles. The highest BCUT2D eigenvalue weighted by Crippen LogP contribution is 2.38. The highest BCUT2D eigenvalue weighted by atomic mass is 35.5. The summed E-state index contributed by atoms with van der Waals surface area (Å²) in [6.07, 6.45) is 6.53. The van der Waals surface area contributed by atoms with Crippen LogP contribution in [0.4, 0.5) is 14.6 Å². The van der Waals surface area contributed by atoms with Crippen molar-refractivity contribution >= 4 is 23.2 Å². The minimum atomic E-state index is -0.832. The molecule has 0 saturated carbocycles. The molecule has 0 fully saturated rings. The molecule has 5 nitrogen and oxygen atoms in total. The van der Waals surface area contributed by atoms with Gasteiger partial charge in [-0.3, -0.25) is 0 Å². The Morgan fingerprint density at radius 2 is 1.85 bits per heavy atom. The second-order valence-corrected chi connectivity index (χ2v) is 6.59. The molecule has 2 aromatic heterocycles. The van der Waals surface area contributed by atoms with Gasteiger partial charge in [0, 0.05) is 11.6 Å². The summed E-state index contributed by atoms with van der Waals surface area (Å²) in [7, 11) is 0. The maximum atomic E-state index is 14.7. The molecule has 0 aliphatic carbocycles. The molecule has 1 atom stereocenters. The molecule has 3 aromatic rings. The van der Waals surface area contributed by atoms with Gasteiger partial charge in [-0.05, 0) is 25.0 Å². The Morgan fingerprint density at radius 1 is 1.19 bits per heavy atom. The second-order valence-electron chi connectivity index (χ2n) is 6.23. The number of nitrogens with zero attached hydrogens (tertiary/aromatic N) is 4. The predicted molar refractivity (Wildman–Crippen MR) is 97.0 cm³/mol. The third kappa shape index (κ3) is 3.08. The van der Waals surface area contributed by atoms with Crippen LogP contribution in [0.25, 0.3) is 16.9 Å². The number of nitrogens with one attached hydrogen (secondary N) is 1. The fourth-order valence-corrected chi connectivity index (χ4v) is 2.71. The van der Waals surface area contributed by atoms with Gasteiger partial charge in [0.05, 0.1) is 11.1 Å². The van der Waals surface area contributed by atoms with Gasteiger partial charge in [0.15, 0.2) is 0 Å². The summed E-state index contributed by atoms with van der Waals surface area (Å²) in [6.45, 7) is 5.97. The number of aromatic nitrogens is 4. The first-order chi connectivity index (χ1) is 12.3. The highest BCUT2D eigenvalue weighted by molar-refractivity contribution is 6.33. The van der Waals surface area contributed by atoms with E-state index in [2.05, 4.69) is 26.3 Å². The van der Waals surface area contributed by atoms with Crippen LogP contribution < -0.4 is 5.32 Å². The smallest absolute Gasteiger partial charge is 0.255 e. The van der Waals surface area contributed by atoms with Crippen molar-refractivity contribution in [2.24, 2.45) is 5.92 Å². The van der Waals surface area contributed by atoms with Crippen LogP contribution in [0.3, 0.4) is 0 Å². The Bertz CT molecular complexity index is 999. The van der Waals surface area contributed by atoms with Crippen molar-refractivity contribution in [3.63, 3.8) is 0 Å². The van der Waals surface area contributed by atoms with Gasteiger partial charge >= 0.3 is 0 Å². The van der Waals surface area contributed by atoms with E-state index in [4.69, 9.17) is 18.0 Å². The van der Waals surface area contributed by atoms with Gasteiger partial charge in [0.2, 0.25) is 0 Å². The van der Waals surface area contributed by atoms with Gasteiger partial charge in [-0.25, -0.2) is 8.78 Å².